The van der Waals surface area contributed by atoms with Crippen LogP contribution in [-0.2, 0) is 14.4 Å². The lowest BCUT2D eigenvalue weighted by molar-refractivity contribution is -0.145. The lowest BCUT2D eigenvalue weighted by Gasteiger charge is -2.59. The van der Waals surface area contributed by atoms with Crippen LogP contribution in [0.15, 0.2) is 0 Å². The van der Waals surface area contributed by atoms with Gasteiger partial charge in [0.2, 0.25) is 6.41 Å². The number of Topliss-reactive ketones (excluding diaryl/α,β-unsaturated/α-hetero) is 2. The Morgan fingerprint density at radius 1 is 1.08 bits per heavy atom. The third kappa shape index (κ3) is 2.14. The van der Waals surface area contributed by atoms with Crippen molar-refractivity contribution in [1.29, 1.82) is 0 Å². The summed E-state index contributed by atoms with van der Waals surface area (Å²) in [6.07, 6.45) is 9.33. The molecule has 4 saturated carbocycles. The van der Waals surface area contributed by atoms with Crippen molar-refractivity contribution in [3.8, 4) is 0 Å². The molecule has 0 bridgehead atoms. The molecule has 1 N–H and O–H groups in total. The summed E-state index contributed by atoms with van der Waals surface area (Å²) >= 11 is 0. The molecule has 4 aliphatic rings. The maximum absolute atomic E-state index is 12.7. The summed E-state index contributed by atoms with van der Waals surface area (Å²) in [6.45, 7) is 2.95. The van der Waals surface area contributed by atoms with E-state index in [1.165, 1.54) is 6.42 Å². The normalized spacial score (nSPS) is 47.5. The third-order valence-electron chi connectivity index (χ3n) is 8.43. The van der Waals surface area contributed by atoms with Gasteiger partial charge in [-0.05, 0) is 67.6 Å². The number of amides is 1. The number of hydrogen-bond donors (Lipinski definition) is 1. The molecule has 4 fully saturated rings. The minimum Gasteiger partial charge on any atom is -0.358 e. The van der Waals surface area contributed by atoms with Gasteiger partial charge < -0.3 is 5.32 Å². The minimum absolute atomic E-state index is 0.284. The van der Waals surface area contributed by atoms with Crippen molar-refractivity contribution in [2.45, 2.75) is 64.7 Å². The van der Waals surface area contributed by atoms with E-state index in [1.807, 2.05) is 0 Å². The molecule has 4 aliphatic carbocycles. The summed E-state index contributed by atoms with van der Waals surface area (Å²) in [4.78, 5) is 35.5. The van der Waals surface area contributed by atoms with E-state index in [4.69, 9.17) is 0 Å². The molecule has 0 aromatic rings. The first-order valence-electron chi connectivity index (χ1n) is 9.73. The number of carbonyl (C=O) groups excluding carboxylic acids is 3. The van der Waals surface area contributed by atoms with Gasteiger partial charge in [0.05, 0.1) is 0 Å². The summed E-state index contributed by atoms with van der Waals surface area (Å²) < 4.78 is 0. The summed E-state index contributed by atoms with van der Waals surface area (Å²) in [5.74, 6) is 3.08. The van der Waals surface area contributed by atoms with E-state index in [0.717, 1.165) is 51.4 Å². The molecule has 24 heavy (non-hydrogen) atoms. The standard InChI is InChI=1S/C20H29NO3/c1-19-8-6-14(23)10-13(19)2-3-15-16(19)7-9-20(11-21-12-22)17(15)4-5-18(20)24/h12-13,15-17H,2-11H2,1H3,(H,21,22)/t13?,15-,16+,17+,19+,20-/m1/s1. The Morgan fingerprint density at radius 3 is 2.71 bits per heavy atom. The van der Waals surface area contributed by atoms with Crippen LogP contribution in [0.1, 0.15) is 64.7 Å². The lowest BCUT2D eigenvalue weighted by Crippen LogP contribution is -2.56. The average Bonchev–Trinajstić information content (AvgIpc) is 2.91. The highest BCUT2D eigenvalue weighted by atomic mass is 16.1. The van der Waals surface area contributed by atoms with E-state index in [0.29, 0.717) is 48.2 Å². The zero-order valence-corrected chi connectivity index (χ0v) is 14.7. The van der Waals surface area contributed by atoms with E-state index in [9.17, 15) is 14.4 Å². The van der Waals surface area contributed by atoms with Gasteiger partial charge in [0.15, 0.2) is 0 Å². The quantitative estimate of drug-likeness (QED) is 0.809. The zero-order chi connectivity index (χ0) is 16.9. The van der Waals surface area contributed by atoms with Crippen molar-refractivity contribution in [3.05, 3.63) is 0 Å². The van der Waals surface area contributed by atoms with E-state index < -0.39 is 0 Å². The third-order valence-corrected chi connectivity index (χ3v) is 8.43. The van der Waals surface area contributed by atoms with Crippen LogP contribution in [-0.4, -0.2) is 24.5 Å². The number of rotatable bonds is 3. The van der Waals surface area contributed by atoms with E-state index in [2.05, 4.69) is 12.2 Å². The highest BCUT2D eigenvalue weighted by Crippen LogP contribution is 2.65. The summed E-state index contributed by atoms with van der Waals surface area (Å²) in [7, 11) is 0. The van der Waals surface area contributed by atoms with Gasteiger partial charge in [-0.25, -0.2) is 0 Å². The van der Waals surface area contributed by atoms with Crippen LogP contribution in [0.25, 0.3) is 0 Å². The molecule has 1 unspecified atom stereocenters. The number of fused-ring (bicyclic) bond motifs is 5. The molecule has 1 amide bonds. The van der Waals surface area contributed by atoms with Crippen molar-refractivity contribution in [2.75, 3.05) is 6.54 Å². The van der Waals surface area contributed by atoms with Gasteiger partial charge in [-0.2, -0.15) is 0 Å². The Bertz CT molecular complexity index is 573. The second-order valence-corrected chi connectivity index (χ2v) is 9.06. The average molecular weight is 331 g/mol. The molecule has 0 saturated heterocycles. The molecule has 6 atom stereocenters. The molecule has 0 radical (unpaired) electrons. The molecule has 0 aromatic heterocycles. The number of ketones is 2. The highest BCUT2D eigenvalue weighted by Gasteiger charge is 2.61. The Balaban J connectivity index is 1.63. The molecule has 0 heterocycles. The molecule has 4 heteroatoms. The van der Waals surface area contributed by atoms with Gasteiger partial charge in [-0.1, -0.05) is 6.92 Å². The number of hydrogen-bond acceptors (Lipinski definition) is 3. The predicted octanol–water partition coefficient (Wildman–Crippen LogP) is 2.89. The second-order valence-electron chi connectivity index (χ2n) is 9.06. The first-order valence-corrected chi connectivity index (χ1v) is 9.73. The van der Waals surface area contributed by atoms with Crippen LogP contribution >= 0.6 is 0 Å². The maximum atomic E-state index is 12.7. The smallest absolute Gasteiger partial charge is 0.207 e. The van der Waals surface area contributed by atoms with Crippen molar-refractivity contribution in [3.63, 3.8) is 0 Å². The van der Waals surface area contributed by atoms with Crippen LogP contribution in [0, 0.1) is 34.5 Å². The monoisotopic (exact) mass is 331 g/mol. The van der Waals surface area contributed by atoms with Crippen LogP contribution in [0.4, 0.5) is 0 Å². The number of carbonyl (C=O) groups is 3. The Kier molecular flexibility index (Phi) is 3.85. The number of nitrogens with one attached hydrogen (secondary N) is 1. The fraction of sp³-hybridized carbons (Fsp3) is 0.850. The fourth-order valence-electron chi connectivity index (χ4n) is 7.17. The summed E-state index contributed by atoms with van der Waals surface area (Å²) in [5, 5.41) is 2.83. The van der Waals surface area contributed by atoms with Crippen molar-refractivity contribution in [2.24, 2.45) is 34.5 Å². The highest BCUT2D eigenvalue weighted by molar-refractivity contribution is 5.88. The molecular formula is C20H29NO3. The van der Waals surface area contributed by atoms with Crippen LogP contribution in [0.5, 0.6) is 0 Å². The van der Waals surface area contributed by atoms with E-state index in [-0.39, 0.29) is 10.8 Å². The first kappa shape index (κ1) is 16.3. The molecule has 132 valence electrons. The van der Waals surface area contributed by atoms with Gasteiger partial charge >= 0.3 is 0 Å². The molecule has 4 nitrogen and oxygen atoms in total. The van der Waals surface area contributed by atoms with Gasteiger partial charge in [-0.15, -0.1) is 0 Å². The SMILES string of the molecule is C[C@]12CCC(=O)CC1CC[C@H]1[C@@H]3CCC(=O)[C@@]3(CNC=O)CC[C@@H]12. The first-order chi connectivity index (χ1) is 11.5. The van der Waals surface area contributed by atoms with Crippen LogP contribution < -0.4 is 5.32 Å². The van der Waals surface area contributed by atoms with E-state index in [1.54, 1.807) is 0 Å². The molecular weight excluding hydrogens is 302 g/mol. The van der Waals surface area contributed by atoms with E-state index >= 15 is 0 Å². The van der Waals surface area contributed by atoms with Crippen LogP contribution in [0.3, 0.4) is 0 Å². The fourth-order valence-corrected chi connectivity index (χ4v) is 7.17. The second kappa shape index (κ2) is 5.67. The van der Waals surface area contributed by atoms with Gasteiger partial charge in [-0.3, -0.25) is 14.4 Å². The van der Waals surface area contributed by atoms with Gasteiger partial charge in [0.25, 0.3) is 0 Å². The van der Waals surface area contributed by atoms with Gasteiger partial charge in [0.1, 0.15) is 11.6 Å². The lowest BCUT2D eigenvalue weighted by atomic mass is 9.45. The summed E-state index contributed by atoms with van der Waals surface area (Å²) in [5.41, 5.74) is -0.0114. The maximum Gasteiger partial charge on any atom is 0.207 e. The largest absolute Gasteiger partial charge is 0.358 e. The molecule has 0 spiro atoms. The van der Waals surface area contributed by atoms with Crippen molar-refractivity contribution < 1.29 is 14.4 Å². The zero-order valence-electron chi connectivity index (χ0n) is 14.7. The molecule has 0 aromatic carbocycles. The van der Waals surface area contributed by atoms with Crippen LogP contribution in [0.2, 0.25) is 0 Å². The predicted molar refractivity (Wildman–Crippen MR) is 90.1 cm³/mol. The van der Waals surface area contributed by atoms with Crippen molar-refractivity contribution >= 4 is 18.0 Å². The Labute approximate surface area is 144 Å². The Morgan fingerprint density at radius 2 is 1.92 bits per heavy atom. The summed E-state index contributed by atoms with van der Waals surface area (Å²) in [6, 6.07) is 0. The molecule has 0 aliphatic heterocycles. The Hall–Kier alpha value is -1.19. The topological polar surface area (TPSA) is 63.2 Å². The molecule has 4 rings (SSSR count). The van der Waals surface area contributed by atoms with Crippen molar-refractivity contribution in [1.82, 2.24) is 5.32 Å². The van der Waals surface area contributed by atoms with Gasteiger partial charge in [0, 0.05) is 31.2 Å². The minimum atomic E-state index is -0.296.